The van der Waals surface area contributed by atoms with Gasteiger partial charge in [0.1, 0.15) is 5.52 Å². The number of nitrogens with one attached hydrogen (secondary N) is 1. The molecule has 0 aliphatic rings. The Balaban J connectivity index is 2.18. The first-order chi connectivity index (χ1) is 8.87. The molecule has 2 aromatic rings. The third-order valence-corrected chi connectivity index (χ3v) is 2.70. The fourth-order valence-corrected chi connectivity index (χ4v) is 1.68. The van der Waals surface area contributed by atoms with Crippen LogP contribution in [0.3, 0.4) is 0 Å². The van der Waals surface area contributed by atoms with Crippen molar-refractivity contribution in [3.05, 3.63) is 24.2 Å². The van der Waals surface area contributed by atoms with Gasteiger partial charge in [-0.25, -0.2) is 9.50 Å². The molecule has 0 spiro atoms. The summed E-state index contributed by atoms with van der Waals surface area (Å²) in [5.41, 5.74) is 1.57. The monoisotopic (exact) mass is 272 g/mol. The molecule has 2 aromatic heterocycles. The number of fused-ring (bicyclic) bond motifs is 1. The molecule has 0 bridgehead atoms. The number of hydrogen-bond donors (Lipinski definition) is 1. The Morgan fingerprint density at radius 1 is 1.37 bits per heavy atom. The molecule has 0 aliphatic carbocycles. The van der Waals surface area contributed by atoms with Gasteiger partial charge in [0.2, 0.25) is 0 Å². The topological polar surface area (TPSA) is 42.2 Å². The number of halogens is 3. The average Bonchev–Trinajstić information content (AvgIpc) is 2.72. The van der Waals surface area contributed by atoms with E-state index < -0.39 is 12.6 Å². The van der Waals surface area contributed by atoms with E-state index in [-0.39, 0.29) is 12.5 Å². The number of alkyl halides is 3. The summed E-state index contributed by atoms with van der Waals surface area (Å²) in [6.45, 7) is 3.82. The van der Waals surface area contributed by atoms with Gasteiger partial charge in [0.25, 0.3) is 0 Å². The summed E-state index contributed by atoms with van der Waals surface area (Å²) < 4.78 is 37.9. The van der Waals surface area contributed by atoms with Crippen molar-refractivity contribution in [3.63, 3.8) is 0 Å². The fourth-order valence-electron chi connectivity index (χ4n) is 1.68. The van der Waals surface area contributed by atoms with Crippen LogP contribution >= 0.6 is 0 Å². The van der Waals surface area contributed by atoms with Gasteiger partial charge in [-0.3, -0.25) is 0 Å². The van der Waals surface area contributed by atoms with E-state index in [0.29, 0.717) is 11.3 Å². The molecule has 0 saturated carbocycles. The van der Waals surface area contributed by atoms with Gasteiger partial charge < -0.3 is 5.32 Å². The SMILES string of the molecule is CC(C)c1cc2c(NCCC(F)(F)F)nccn2n1. The number of rotatable bonds is 4. The van der Waals surface area contributed by atoms with Crippen molar-refractivity contribution in [1.29, 1.82) is 0 Å². The molecule has 2 heterocycles. The van der Waals surface area contributed by atoms with E-state index in [1.807, 2.05) is 19.9 Å². The molecule has 104 valence electrons. The first-order valence-corrected chi connectivity index (χ1v) is 6.02. The molecular weight excluding hydrogens is 257 g/mol. The predicted octanol–water partition coefficient (Wildman–Crippen LogP) is 3.22. The van der Waals surface area contributed by atoms with Gasteiger partial charge in [0.15, 0.2) is 5.82 Å². The quantitative estimate of drug-likeness (QED) is 0.929. The Hall–Kier alpha value is -1.79. The number of aromatic nitrogens is 3. The first-order valence-electron chi connectivity index (χ1n) is 6.02. The maximum Gasteiger partial charge on any atom is 0.390 e. The van der Waals surface area contributed by atoms with E-state index in [0.717, 1.165) is 5.69 Å². The number of hydrogen-bond acceptors (Lipinski definition) is 3. The van der Waals surface area contributed by atoms with Gasteiger partial charge in [-0.15, -0.1) is 0 Å². The van der Waals surface area contributed by atoms with Crippen LogP contribution in [-0.2, 0) is 0 Å². The highest BCUT2D eigenvalue weighted by Crippen LogP contribution is 2.22. The molecular formula is C12H15F3N4. The van der Waals surface area contributed by atoms with Gasteiger partial charge in [-0.1, -0.05) is 13.8 Å². The van der Waals surface area contributed by atoms with Crippen molar-refractivity contribution in [2.45, 2.75) is 32.4 Å². The van der Waals surface area contributed by atoms with Crippen LogP contribution in [0.25, 0.3) is 5.52 Å². The summed E-state index contributed by atoms with van der Waals surface area (Å²) in [7, 11) is 0. The third kappa shape index (κ3) is 3.36. The standard InChI is InChI=1S/C12H15F3N4/c1-8(2)9-7-10-11(16-4-3-12(13,14)15)17-5-6-19(10)18-9/h5-8H,3-4H2,1-2H3,(H,16,17). The molecule has 19 heavy (non-hydrogen) atoms. The molecule has 0 saturated heterocycles. The normalized spacial score (nSPS) is 12.3. The van der Waals surface area contributed by atoms with Crippen LogP contribution in [0.15, 0.2) is 18.5 Å². The molecule has 0 aliphatic heterocycles. The minimum absolute atomic E-state index is 0.196. The van der Waals surface area contributed by atoms with Gasteiger partial charge in [0, 0.05) is 18.9 Å². The lowest BCUT2D eigenvalue weighted by molar-refractivity contribution is -0.131. The molecule has 2 rings (SSSR count). The lowest BCUT2D eigenvalue weighted by Crippen LogP contribution is -2.15. The van der Waals surface area contributed by atoms with Gasteiger partial charge in [0.05, 0.1) is 12.1 Å². The summed E-state index contributed by atoms with van der Waals surface area (Å²) in [6.07, 6.45) is -1.86. The largest absolute Gasteiger partial charge is 0.390 e. The van der Waals surface area contributed by atoms with E-state index in [2.05, 4.69) is 15.4 Å². The Kier molecular flexibility index (Phi) is 3.64. The highest BCUT2D eigenvalue weighted by molar-refractivity contribution is 5.67. The summed E-state index contributed by atoms with van der Waals surface area (Å²) in [4.78, 5) is 4.06. The fraction of sp³-hybridized carbons (Fsp3) is 0.500. The Morgan fingerprint density at radius 3 is 2.74 bits per heavy atom. The molecule has 0 amide bonds. The minimum atomic E-state index is -4.17. The van der Waals surface area contributed by atoms with Crippen LogP contribution < -0.4 is 5.32 Å². The third-order valence-electron chi connectivity index (χ3n) is 2.70. The lowest BCUT2D eigenvalue weighted by atomic mass is 10.1. The smallest absolute Gasteiger partial charge is 0.368 e. The zero-order valence-electron chi connectivity index (χ0n) is 10.7. The van der Waals surface area contributed by atoms with Crippen LogP contribution in [0.5, 0.6) is 0 Å². The van der Waals surface area contributed by atoms with Crippen LogP contribution in [0.4, 0.5) is 19.0 Å². The Labute approximate surface area is 108 Å². The molecule has 0 atom stereocenters. The second kappa shape index (κ2) is 5.07. The molecule has 0 aromatic carbocycles. The van der Waals surface area contributed by atoms with Gasteiger partial charge >= 0.3 is 6.18 Å². The zero-order valence-corrected chi connectivity index (χ0v) is 10.7. The van der Waals surface area contributed by atoms with Crippen molar-refractivity contribution in [2.24, 2.45) is 0 Å². The molecule has 7 heteroatoms. The van der Waals surface area contributed by atoms with E-state index in [1.165, 1.54) is 6.20 Å². The summed E-state index contributed by atoms with van der Waals surface area (Å²) >= 11 is 0. The first kappa shape index (κ1) is 13.6. The van der Waals surface area contributed by atoms with Crippen molar-refractivity contribution in [2.75, 3.05) is 11.9 Å². The zero-order chi connectivity index (χ0) is 14.0. The number of nitrogens with zero attached hydrogens (tertiary/aromatic N) is 3. The maximum atomic E-state index is 12.1. The summed E-state index contributed by atoms with van der Waals surface area (Å²) in [5.74, 6) is 0.675. The summed E-state index contributed by atoms with van der Waals surface area (Å²) in [6, 6.07) is 1.84. The highest BCUT2D eigenvalue weighted by Gasteiger charge is 2.26. The van der Waals surface area contributed by atoms with E-state index in [4.69, 9.17) is 0 Å². The maximum absolute atomic E-state index is 12.1. The predicted molar refractivity (Wildman–Crippen MR) is 66.2 cm³/mol. The second-order valence-electron chi connectivity index (χ2n) is 4.62. The van der Waals surface area contributed by atoms with Crippen LogP contribution in [-0.4, -0.2) is 27.3 Å². The minimum Gasteiger partial charge on any atom is -0.368 e. The average molecular weight is 272 g/mol. The summed E-state index contributed by atoms with van der Waals surface area (Å²) in [5, 5.41) is 7.05. The van der Waals surface area contributed by atoms with Crippen molar-refractivity contribution < 1.29 is 13.2 Å². The molecule has 1 N–H and O–H groups in total. The molecule has 0 radical (unpaired) electrons. The van der Waals surface area contributed by atoms with E-state index in [1.54, 1.807) is 10.7 Å². The van der Waals surface area contributed by atoms with E-state index in [9.17, 15) is 13.2 Å². The van der Waals surface area contributed by atoms with E-state index >= 15 is 0 Å². The highest BCUT2D eigenvalue weighted by atomic mass is 19.4. The lowest BCUT2D eigenvalue weighted by Gasteiger charge is -2.08. The second-order valence-corrected chi connectivity index (χ2v) is 4.62. The Bertz CT molecular complexity index is 560. The van der Waals surface area contributed by atoms with Crippen molar-refractivity contribution in [1.82, 2.24) is 14.6 Å². The van der Waals surface area contributed by atoms with Crippen molar-refractivity contribution in [3.8, 4) is 0 Å². The Morgan fingerprint density at radius 2 is 2.11 bits per heavy atom. The van der Waals surface area contributed by atoms with Gasteiger partial charge in [-0.05, 0) is 12.0 Å². The van der Waals surface area contributed by atoms with Gasteiger partial charge in [-0.2, -0.15) is 18.3 Å². The van der Waals surface area contributed by atoms with Crippen LogP contribution in [0.1, 0.15) is 31.9 Å². The van der Waals surface area contributed by atoms with Crippen LogP contribution in [0.2, 0.25) is 0 Å². The molecule has 0 unspecified atom stereocenters. The molecule has 4 nitrogen and oxygen atoms in total. The molecule has 0 fully saturated rings. The number of anilines is 1. The van der Waals surface area contributed by atoms with Crippen LogP contribution in [0, 0.1) is 0 Å². The van der Waals surface area contributed by atoms with Crippen molar-refractivity contribution >= 4 is 11.3 Å².